The largest absolute Gasteiger partial charge is 0.496 e. The molecule has 0 saturated carbocycles. The van der Waals surface area contributed by atoms with Gasteiger partial charge in [0.15, 0.2) is 0 Å². The van der Waals surface area contributed by atoms with Crippen molar-refractivity contribution in [3.8, 4) is 11.5 Å². The maximum Gasteiger partial charge on any atom is 0.128 e. The van der Waals surface area contributed by atoms with Crippen molar-refractivity contribution < 1.29 is 14.7 Å². The number of oxime groups is 1. The molecule has 0 aliphatic carbocycles. The van der Waals surface area contributed by atoms with E-state index in [-0.39, 0.29) is 0 Å². The normalized spacial score (nSPS) is 11.2. The predicted octanol–water partition coefficient (Wildman–Crippen LogP) is 3.12. The molecule has 20 heavy (non-hydrogen) atoms. The third-order valence-corrected chi connectivity index (χ3v) is 3.09. The van der Waals surface area contributed by atoms with Gasteiger partial charge in [0, 0.05) is 17.5 Å². The molecule has 0 unspecified atom stereocenters. The molecule has 4 nitrogen and oxygen atoms in total. The molecule has 104 valence electrons. The Morgan fingerprint density at radius 3 is 2.20 bits per heavy atom. The third-order valence-electron chi connectivity index (χ3n) is 3.09. The van der Waals surface area contributed by atoms with Gasteiger partial charge in [-0.2, -0.15) is 0 Å². The summed E-state index contributed by atoms with van der Waals surface area (Å²) in [4.78, 5) is 0. The highest BCUT2D eigenvalue weighted by Gasteiger charge is 2.13. The number of ether oxygens (including phenoxy) is 2. The Morgan fingerprint density at radius 2 is 1.55 bits per heavy atom. The van der Waals surface area contributed by atoms with Crippen LogP contribution in [0.3, 0.4) is 0 Å². The van der Waals surface area contributed by atoms with E-state index < -0.39 is 0 Å². The quantitative estimate of drug-likeness (QED) is 0.516. The average Bonchev–Trinajstić information content (AvgIpc) is 2.53. The minimum Gasteiger partial charge on any atom is -0.496 e. The molecule has 2 aromatic rings. The van der Waals surface area contributed by atoms with Gasteiger partial charge in [0.25, 0.3) is 0 Å². The highest BCUT2D eigenvalue weighted by atomic mass is 16.5. The Hall–Kier alpha value is -2.49. The van der Waals surface area contributed by atoms with Crippen molar-refractivity contribution in [2.24, 2.45) is 5.16 Å². The summed E-state index contributed by atoms with van der Waals surface area (Å²) in [7, 11) is 3.22. The van der Waals surface area contributed by atoms with Gasteiger partial charge >= 0.3 is 0 Å². The van der Waals surface area contributed by atoms with Gasteiger partial charge in [0.1, 0.15) is 11.5 Å². The van der Waals surface area contributed by atoms with Gasteiger partial charge in [-0.3, -0.25) is 0 Å². The second-order valence-electron chi connectivity index (χ2n) is 4.24. The van der Waals surface area contributed by atoms with Crippen LogP contribution in [0.5, 0.6) is 11.5 Å². The van der Waals surface area contributed by atoms with E-state index in [2.05, 4.69) is 5.16 Å². The first-order valence-electron chi connectivity index (χ1n) is 6.26. The van der Waals surface area contributed by atoms with E-state index in [0.717, 1.165) is 16.9 Å². The van der Waals surface area contributed by atoms with Gasteiger partial charge in [-0.05, 0) is 18.2 Å². The molecule has 0 bridgehead atoms. The number of hydrogen-bond acceptors (Lipinski definition) is 4. The van der Waals surface area contributed by atoms with Crippen LogP contribution in [-0.2, 0) is 6.42 Å². The Labute approximate surface area is 118 Å². The highest BCUT2D eigenvalue weighted by molar-refractivity contribution is 6.03. The van der Waals surface area contributed by atoms with E-state index in [9.17, 15) is 5.21 Å². The van der Waals surface area contributed by atoms with Gasteiger partial charge < -0.3 is 14.7 Å². The fourth-order valence-electron chi connectivity index (χ4n) is 2.10. The molecule has 0 atom stereocenters. The zero-order chi connectivity index (χ0) is 14.4. The van der Waals surface area contributed by atoms with Gasteiger partial charge in [-0.25, -0.2) is 0 Å². The Kier molecular flexibility index (Phi) is 4.60. The zero-order valence-corrected chi connectivity index (χ0v) is 11.5. The molecule has 0 fully saturated rings. The number of rotatable bonds is 5. The lowest BCUT2D eigenvalue weighted by Crippen LogP contribution is -2.08. The van der Waals surface area contributed by atoms with Crippen LogP contribution in [-0.4, -0.2) is 25.1 Å². The topological polar surface area (TPSA) is 51.0 Å². The summed E-state index contributed by atoms with van der Waals surface area (Å²) in [6.45, 7) is 0. The van der Waals surface area contributed by atoms with Gasteiger partial charge in [-0.1, -0.05) is 35.5 Å². The van der Waals surface area contributed by atoms with Crippen molar-refractivity contribution in [2.75, 3.05) is 14.2 Å². The second-order valence-corrected chi connectivity index (χ2v) is 4.24. The molecular weight excluding hydrogens is 254 g/mol. The van der Waals surface area contributed by atoms with Crippen LogP contribution in [0.1, 0.15) is 11.1 Å². The Bertz CT molecular complexity index is 608. The second kappa shape index (κ2) is 6.61. The minimum atomic E-state index is 0.459. The SMILES string of the molecule is COc1ccccc1C/C(=N\O)c1ccccc1OC. The van der Waals surface area contributed by atoms with Crippen LogP contribution in [0.2, 0.25) is 0 Å². The lowest BCUT2D eigenvalue weighted by molar-refractivity contribution is 0.318. The molecule has 0 aliphatic rings. The zero-order valence-electron chi connectivity index (χ0n) is 11.5. The van der Waals surface area contributed by atoms with E-state index in [1.54, 1.807) is 14.2 Å². The van der Waals surface area contributed by atoms with E-state index >= 15 is 0 Å². The summed E-state index contributed by atoms with van der Waals surface area (Å²) in [6, 6.07) is 15.1. The number of benzene rings is 2. The molecule has 0 radical (unpaired) electrons. The van der Waals surface area contributed by atoms with E-state index in [1.165, 1.54) is 0 Å². The summed E-state index contributed by atoms with van der Waals surface area (Å²) < 4.78 is 10.6. The fourth-order valence-corrected chi connectivity index (χ4v) is 2.10. The first-order valence-corrected chi connectivity index (χ1v) is 6.26. The monoisotopic (exact) mass is 271 g/mol. The van der Waals surface area contributed by atoms with Crippen molar-refractivity contribution in [3.05, 3.63) is 59.7 Å². The highest BCUT2D eigenvalue weighted by Crippen LogP contribution is 2.23. The van der Waals surface area contributed by atoms with Crippen molar-refractivity contribution in [1.82, 2.24) is 0 Å². The van der Waals surface area contributed by atoms with E-state index in [0.29, 0.717) is 17.9 Å². The molecule has 0 aliphatic heterocycles. The van der Waals surface area contributed by atoms with Gasteiger partial charge in [0.2, 0.25) is 0 Å². The predicted molar refractivity (Wildman–Crippen MR) is 78.0 cm³/mol. The summed E-state index contributed by atoms with van der Waals surface area (Å²) >= 11 is 0. The molecule has 0 spiro atoms. The van der Waals surface area contributed by atoms with Crippen LogP contribution < -0.4 is 9.47 Å². The molecule has 0 aromatic heterocycles. The summed E-state index contributed by atoms with van der Waals surface area (Å²) in [5.74, 6) is 1.44. The standard InChI is InChI=1S/C16H17NO3/c1-19-15-9-5-3-7-12(15)11-14(17-18)13-8-4-6-10-16(13)20-2/h3-10,18H,11H2,1-2H3/b17-14+. The molecule has 4 heteroatoms. The van der Waals surface area contributed by atoms with Crippen LogP contribution in [0.15, 0.2) is 53.7 Å². The molecule has 0 amide bonds. The summed E-state index contributed by atoms with van der Waals surface area (Å²) in [5.41, 5.74) is 2.25. The lowest BCUT2D eigenvalue weighted by Gasteiger charge is -2.12. The van der Waals surface area contributed by atoms with Crippen LogP contribution in [0.4, 0.5) is 0 Å². The maximum absolute atomic E-state index is 9.32. The molecular formula is C16H17NO3. The Balaban J connectivity index is 2.35. The summed E-state index contributed by atoms with van der Waals surface area (Å²) in [5, 5.41) is 12.7. The Morgan fingerprint density at radius 1 is 0.950 bits per heavy atom. The first kappa shape index (κ1) is 13.9. The van der Waals surface area contributed by atoms with Gasteiger partial charge in [-0.15, -0.1) is 0 Å². The molecule has 0 saturated heterocycles. The number of hydrogen-bond donors (Lipinski definition) is 1. The van der Waals surface area contributed by atoms with Crippen molar-refractivity contribution >= 4 is 5.71 Å². The lowest BCUT2D eigenvalue weighted by atomic mass is 10.0. The van der Waals surface area contributed by atoms with Crippen LogP contribution in [0.25, 0.3) is 0 Å². The van der Waals surface area contributed by atoms with Crippen molar-refractivity contribution in [1.29, 1.82) is 0 Å². The fraction of sp³-hybridized carbons (Fsp3) is 0.188. The summed E-state index contributed by atoms with van der Waals surface area (Å²) in [6.07, 6.45) is 0.459. The molecule has 0 heterocycles. The third kappa shape index (κ3) is 2.91. The van der Waals surface area contributed by atoms with E-state index in [1.807, 2.05) is 48.5 Å². The molecule has 2 aromatic carbocycles. The van der Waals surface area contributed by atoms with Crippen LogP contribution >= 0.6 is 0 Å². The smallest absolute Gasteiger partial charge is 0.128 e. The minimum absolute atomic E-state index is 0.459. The van der Waals surface area contributed by atoms with Crippen molar-refractivity contribution in [2.45, 2.75) is 6.42 Å². The number of methoxy groups -OCH3 is 2. The number of para-hydroxylation sites is 2. The van der Waals surface area contributed by atoms with Crippen molar-refractivity contribution in [3.63, 3.8) is 0 Å². The van der Waals surface area contributed by atoms with Gasteiger partial charge in [0.05, 0.1) is 19.9 Å². The number of nitrogens with zero attached hydrogens (tertiary/aromatic N) is 1. The molecule has 2 rings (SSSR count). The van der Waals surface area contributed by atoms with Crippen LogP contribution in [0, 0.1) is 0 Å². The average molecular weight is 271 g/mol. The maximum atomic E-state index is 9.32. The molecule has 1 N–H and O–H groups in total. The van der Waals surface area contributed by atoms with E-state index in [4.69, 9.17) is 9.47 Å². The first-order chi connectivity index (χ1) is 9.80.